The average molecular weight is 989 g/mol. The van der Waals surface area contributed by atoms with E-state index in [1.807, 2.05) is 21.1 Å². The van der Waals surface area contributed by atoms with Gasteiger partial charge in [0.2, 0.25) is 0 Å². The number of rotatable bonds is 51. The Hall–Kier alpha value is -2.55. The quantitative estimate of drug-likeness (QED) is 0.0211. The van der Waals surface area contributed by atoms with Crippen molar-refractivity contribution in [3.63, 3.8) is 0 Å². The highest BCUT2D eigenvalue weighted by molar-refractivity contribution is 7.47. The molecule has 0 aliphatic heterocycles. The third-order valence-electron chi connectivity index (χ3n) is 12.0. The molecule has 0 saturated heterocycles. The Balaban J connectivity index is 4.24. The number of unbranched alkanes of at least 4 members (excludes halogenated alkanes) is 25. The molecule has 2 unspecified atom stereocenters. The molecule has 0 fully saturated rings. The Morgan fingerprint density at radius 1 is 0.464 bits per heavy atom. The number of quaternary nitrogens is 1. The minimum Gasteiger partial charge on any atom is -0.462 e. The monoisotopic (exact) mass is 989 g/mol. The second kappa shape index (κ2) is 50.4. The molecule has 69 heavy (non-hydrogen) atoms. The molecule has 400 valence electrons. The van der Waals surface area contributed by atoms with E-state index in [1.54, 1.807) is 0 Å². The Labute approximate surface area is 425 Å². The molecular weight excluding hydrogens is 882 g/mol. The Morgan fingerprint density at radius 3 is 1.23 bits per heavy atom. The molecular formula is C59H107NO8P+. The summed E-state index contributed by atoms with van der Waals surface area (Å²) in [6.45, 7) is 4.29. The highest BCUT2D eigenvalue weighted by Gasteiger charge is 2.27. The molecule has 9 nitrogen and oxygen atoms in total. The molecule has 10 heteroatoms. The molecule has 0 radical (unpaired) electrons. The summed E-state index contributed by atoms with van der Waals surface area (Å²) in [6, 6.07) is 0. The third kappa shape index (κ3) is 54.6. The maximum Gasteiger partial charge on any atom is 0.472 e. The number of esters is 2. The van der Waals surface area contributed by atoms with Crippen LogP contribution in [0.25, 0.3) is 0 Å². The lowest BCUT2D eigenvalue weighted by Crippen LogP contribution is -2.37. The van der Waals surface area contributed by atoms with Crippen LogP contribution in [0.5, 0.6) is 0 Å². The van der Waals surface area contributed by atoms with Crippen molar-refractivity contribution in [2.24, 2.45) is 0 Å². The first-order valence-electron chi connectivity index (χ1n) is 28.2. The molecule has 2 atom stereocenters. The summed E-state index contributed by atoms with van der Waals surface area (Å²) >= 11 is 0. The van der Waals surface area contributed by atoms with Crippen molar-refractivity contribution in [3.8, 4) is 0 Å². The van der Waals surface area contributed by atoms with Gasteiger partial charge >= 0.3 is 19.8 Å². The fraction of sp³-hybridized carbons (Fsp3) is 0.763. The van der Waals surface area contributed by atoms with Crippen molar-refractivity contribution in [1.29, 1.82) is 0 Å². The van der Waals surface area contributed by atoms with Crippen LogP contribution < -0.4 is 0 Å². The topological polar surface area (TPSA) is 108 Å². The number of hydrogen-bond acceptors (Lipinski definition) is 7. The molecule has 0 spiro atoms. The van der Waals surface area contributed by atoms with Gasteiger partial charge in [0.15, 0.2) is 6.10 Å². The van der Waals surface area contributed by atoms with E-state index in [0.29, 0.717) is 17.4 Å². The summed E-state index contributed by atoms with van der Waals surface area (Å²) in [5.41, 5.74) is 0. The lowest BCUT2D eigenvalue weighted by atomic mass is 10.0. The van der Waals surface area contributed by atoms with Crippen LogP contribution >= 0.6 is 7.82 Å². The Kier molecular flexibility index (Phi) is 48.5. The number of ether oxygens (including phenoxy) is 2. The Morgan fingerprint density at radius 2 is 0.826 bits per heavy atom. The minimum absolute atomic E-state index is 0.0209. The average Bonchev–Trinajstić information content (AvgIpc) is 3.31. The predicted octanol–water partition coefficient (Wildman–Crippen LogP) is 17.3. The zero-order valence-electron chi connectivity index (χ0n) is 45.3. The van der Waals surface area contributed by atoms with Crippen molar-refractivity contribution in [1.82, 2.24) is 0 Å². The maximum absolute atomic E-state index is 12.8. The lowest BCUT2D eigenvalue weighted by molar-refractivity contribution is -0.870. The number of hydrogen-bond donors (Lipinski definition) is 1. The highest BCUT2D eigenvalue weighted by atomic mass is 31.2. The van der Waals surface area contributed by atoms with E-state index in [2.05, 4.69) is 86.8 Å². The molecule has 0 aromatic heterocycles. The van der Waals surface area contributed by atoms with Gasteiger partial charge in [0.25, 0.3) is 0 Å². The fourth-order valence-electron chi connectivity index (χ4n) is 7.67. The summed E-state index contributed by atoms with van der Waals surface area (Å²) in [7, 11) is 1.45. The molecule has 0 aliphatic carbocycles. The second-order valence-electron chi connectivity index (χ2n) is 19.9. The number of phosphoric acid groups is 1. The van der Waals surface area contributed by atoms with E-state index in [9.17, 15) is 19.0 Å². The van der Waals surface area contributed by atoms with Gasteiger partial charge in [-0.15, -0.1) is 0 Å². The summed E-state index contributed by atoms with van der Waals surface area (Å²) in [5.74, 6) is -0.844. The molecule has 0 aliphatic rings. The van der Waals surface area contributed by atoms with Gasteiger partial charge in [-0.25, -0.2) is 4.57 Å². The number of likely N-dealkylation sites (N-methyl/N-ethyl adjacent to an activating group) is 1. The van der Waals surface area contributed by atoms with E-state index in [1.165, 1.54) is 135 Å². The van der Waals surface area contributed by atoms with Crippen LogP contribution in [0.15, 0.2) is 72.9 Å². The van der Waals surface area contributed by atoms with Gasteiger partial charge in [0.05, 0.1) is 27.7 Å². The van der Waals surface area contributed by atoms with Gasteiger partial charge in [-0.05, 0) is 64.2 Å². The van der Waals surface area contributed by atoms with E-state index in [-0.39, 0.29) is 32.0 Å². The van der Waals surface area contributed by atoms with E-state index in [0.717, 1.165) is 70.6 Å². The van der Waals surface area contributed by atoms with Gasteiger partial charge in [0.1, 0.15) is 19.8 Å². The van der Waals surface area contributed by atoms with E-state index >= 15 is 0 Å². The number of carbonyl (C=O) groups excluding carboxylic acids is 2. The summed E-state index contributed by atoms with van der Waals surface area (Å²) in [6.07, 6.45) is 65.5. The van der Waals surface area contributed by atoms with Crippen molar-refractivity contribution in [2.45, 2.75) is 245 Å². The van der Waals surface area contributed by atoms with Gasteiger partial charge in [-0.3, -0.25) is 18.6 Å². The standard InChI is InChI=1S/C59H106NO8P/c1-6-8-10-12-14-16-18-20-22-24-26-28-29-30-32-33-35-37-39-41-43-45-47-49-51-58(61)65-55-57(56-67-69(63,64)66-54-53-60(3,4)5)68-59(62)52-50-48-46-44-42-40-38-36-34-31-27-25-23-21-19-17-15-13-11-9-7-2/h9,11,15,17,21,23,27,31,36,38,42,44,57H,6-8,10,12-14,16,18-20,22,24-26,28-30,32-35,37,39-41,43,45-56H2,1-5H3/p+1/b11-9-,17-15-,23-21-,31-27-,38-36-,44-42-. The Bertz CT molecular complexity index is 1400. The first-order chi connectivity index (χ1) is 33.5. The van der Waals surface area contributed by atoms with Crippen LogP contribution in [0.1, 0.15) is 239 Å². The van der Waals surface area contributed by atoms with Gasteiger partial charge in [-0.1, -0.05) is 234 Å². The molecule has 0 saturated carbocycles. The normalized spacial score (nSPS) is 13.9. The zero-order valence-corrected chi connectivity index (χ0v) is 46.2. The number of allylic oxidation sites excluding steroid dienone is 12. The minimum atomic E-state index is -4.40. The molecule has 0 amide bonds. The molecule has 1 N–H and O–H groups in total. The number of carbonyl (C=O) groups is 2. The van der Waals surface area contributed by atoms with Crippen LogP contribution in [-0.4, -0.2) is 74.9 Å². The first-order valence-corrected chi connectivity index (χ1v) is 29.7. The predicted molar refractivity (Wildman–Crippen MR) is 293 cm³/mol. The fourth-order valence-corrected chi connectivity index (χ4v) is 8.41. The van der Waals surface area contributed by atoms with Crippen molar-refractivity contribution in [3.05, 3.63) is 72.9 Å². The van der Waals surface area contributed by atoms with E-state index in [4.69, 9.17) is 18.5 Å². The number of nitrogens with zero attached hydrogens (tertiary/aromatic N) is 1. The maximum atomic E-state index is 12.8. The van der Waals surface area contributed by atoms with Gasteiger partial charge in [0, 0.05) is 12.8 Å². The van der Waals surface area contributed by atoms with Gasteiger partial charge < -0.3 is 18.9 Å². The summed E-state index contributed by atoms with van der Waals surface area (Å²) in [5, 5.41) is 0. The largest absolute Gasteiger partial charge is 0.472 e. The zero-order chi connectivity index (χ0) is 50.6. The molecule has 0 bridgehead atoms. The van der Waals surface area contributed by atoms with Crippen LogP contribution in [0.4, 0.5) is 0 Å². The molecule has 0 heterocycles. The first kappa shape index (κ1) is 66.5. The molecule has 0 aromatic rings. The molecule has 0 rings (SSSR count). The molecule has 0 aromatic carbocycles. The highest BCUT2D eigenvalue weighted by Crippen LogP contribution is 2.43. The van der Waals surface area contributed by atoms with Crippen molar-refractivity contribution >= 4 is 19.8 Å². The smallest absolute Gasteiger partial charge is 0.462 e. The van der Waals surface area contributed by atoms with Crippen LogP contribution in [0.2, 0.25) is 0 Å². The van der Waals surface area contributed by atoms with Crippen LogP contribution in [-0.2, 0) is 32.7 Å². The van der Waals surface area contributed by atoms with Gasteiger partial charge in [-0.2, -0.15) is 0 Å². The van der Waals surface area contributed by atoms with Crippen molar-refractivity contribution < 1.29 is 42.1 Å². The SMILES string of the molecule is CC/C=C\C/C=C\C/C=C\C/C=C\C/C=C\C/C=C\CCCCC(=O)OC(COC(=O)CCCCCCCCCCCCCCCCCCCCCCCCCC)COP(=O)(O)OCC[N+](C)(C)C. The summed E-state index contributed by atoms with van der Waals surface area (Å²) < 4.78 is 34.5. The van der Waals surface area contributed by atoms with Crippen LogP contribution in [0, 0.1) is 0 Å². The third-order valence-corrected chi connectivity index (χ3v) is 13.0. The number of phosphoric ester groups is 1. The van der Waals surface area contributed by atoms with E-state index < -0.39 is 26.5 Å². The second-order valence-corrected chi connectivity index (χ2v) is 21.4. The lowest BCUT2D eigenvalue weighted by Gasteiger charge is -2.24. The van der Waals surface area contributed by atoms with Crippen molar-refractivity contribution in [2.75, 3.05) is 47.5 Å². The van der Waals surface area contributed by atoms with Crippen LogP contribution in [0.3, 0.4) is 0 Å². The summed E-state index contributed by atoms with van der Waals surface area (Å²) in [4.78, 5) is 35.6.